The molecule has 1 rings (SSSR count). The highest BCUT2D eigenvalue weighted by Crippen LogP contribution is 2.15. The molecule has 7 heteroatoms. The van der Waals surface area contributed by atoms with E-state index in [0.717, 1.165) is 13.0 Å². The lowest BCUT2D eigenvalue weighted by atomic mass is 10.5. The quantitative estimate of drug-likeness (QED) is 0.791. The monoisotopic (exact) mass is 275 g/mol. The number of aliphatic hydroxyl groups excluding tert-OH is 1. The Hall–Kier alpha value is -0.920. The number of rotatable bonds is 7. The predicted molar refractivity (Wildman–Crippen MR) is 68.8 cm³/mol. The molecule has 0 unspecified atom stereocenters. The Kier molecular flexibility index (Phi) is 5.30. The number of nitrogens with zero attached hydrogens (tertiary/aromatic N) is 3. The van der Waals surface area contributed by atoms with Gasteiger partial charge in [-0.1, -0.05) is 13.8 Å². The molecule has 1 heterocycles. The van der Waals surface area contributed by atoms with Crippen molar-refractivity contribution in [2.24, 2.45) is 0 Å². The van der Waals surface area contributed by atoms with E-state index >= 15 is 0 Å². The number of aryl methyl sites for hydroxylation is 2. The Morgan fingerprint density at radius 1 is 1.44 bits per heavy atom. The van der Waals surface area contributed by atoms with E-state index in [4.69, 9.17) is 5.11 Å². The number of aromatic nitrogens is 2. The van der Waals surface area contributed by atoms with E-state index in [1.807, 2.05) is 11.5 Å². The predicted octanol–water partition coefficient (Wildman–Crippen LogP) is 0.604. The van der Waals surface area contributed by atoms with E-state index in [1.165, 1.54) is 4.31 Å². The zero-order chi connectivity index (χ0) is 13.8. The minimum atomic E-state index is -3.59. The lowest BCUT2D eigenvalue weighted by Gasteiger charge is -2.17. The summed E-state index contributed by atoms with van der Waals surface area (Å²) in [5, 5.41) is 8.95. The van der Waals surface area contributed by atoms with Gasteiger partial charge in [-0.3, -0.25) is 0 Å². The van der Waals surface area contributed by atoms with Crippen molar-refractivity contribution < 1.29 is 13.5 Å². The van der Waals surface area contributed by atoms with Crippen molar-refractivity contribution >= 4 is 10.0 Å². The summed E-state index contributed by atoms with van der Waals surface area (Å²) in [6.45, 7) is 6.53. The molecule has 0 amide bonds. The van der Waals surface area contributed by atoms with E-state index in [1.54, 1.807) is 20.0 Å². The third-order valence-corrected chi connectivity index (χ3v) is 4.57. The first-order valence-corrected chi connectivity index (χ1v) is 7.56. The van der Waals surface area contributed by atoms with E-state index < -0.39 is 10.0 Å². The average molecular weight is 275 g/mol. The average Bonchev–Trinajstić information content (AvgIpc) is 2.69. The Morgan fingerprint density at radius 3 is 2.61 bits per heavy atom. The van der Waals surface area contributed by atoms with Crippen LogP contribution >= 0.6 is 0 Å². The maximum Gasteiger partial charge on any atom is 0.262 e. The topological polar surface area (TPSA) is 75.4 Å². The molecule has 0 saturated heterocycles. The van der Waals surface area contributed by atoms with Crippen LogP contribution in [0.5, 0.6) is 0 Å². The number of hydrogen-bond donors (Lipinski definition) is 1. The third kappa shape index (κ3) is 3.09. The summed E-state index contributed by atoms with van der Waals surface area (Å²) in [7, 11) is -3.59. The van der Waals surface area contributed by atoms with Crippen molar-refractivity contribution in [2.75, 3.05) is 19.7 Å². The lowest BCUT2D eigenvalue weighted by Crippen LogP contribution is -2.33. The van der Waals surface area contributed by atoms with Crippen LogP contribution in [0.3, 0.4) is 0 Å². The molecule has 1 N–H and O–H groups in total. The van der Waals surface area contributed by atoms with Crippen LogP contribution in [-0.2, 0) is 16.6 Å². The zero-order valence-electron chi connectivity index (χ0n) is 11.1. The van der Waals surface area contributed by atoms with Gasteiger partial charge in [0.05, 0.1) is 6.61 Å². The number of imidazole rings is 1. The highest BCUT2D eigenvalue weighted by molar-refractivity contribution is 7.89. The Bertz CT molecular complexity index is 482. The standard InChI is InChI=1S/C11H21N3O3S/c1-4-6-13-9-11(12-10(13)3)18(16,17)14(5-2)7-8-15/h9,15H,4-8H2,1-3H3. The highest BCUT2D eigenvalue weighted by atomic mass is 32.2. The van der Waals surface area contributed by atoms with E-state index in [2.05, 4.69) is 4.98 Å². The molecule has 0 fully saturated rings. The first kappa shape index (κ1) is 15.1. The van der Waals surface area contributed by atoms with Crippen LogP contribution in [0.15, 0.2) is 11.2 Å². The molecule has 0 spiro atoms. The van der Waals surface area contributed by atoms with Crippen LogP contribution in [0.25, 0.3) is 0 Å². The third-order valence-electron chi connectivity index (χ3n) is 2.72. The summed E-state index contributed by atoms with van der Waals surface area (Å²) >= 11 is 0. The fourth-order valence-electron chi connectivity index (χ4n) is 1.76. The van der Waals surface area contributed by atoms with Gasteiger partial charge >= 0.3 is 0 Å². The van der Waals surface area contributed by atoms with Gasteiger partial charge in [0.25, 0.3) is 10.0 Å². The van der Waals surface area contributed by atoms with Gasteiger partial charge in [-0.2, -0.15) is 4.31 Å². The normalized spacial score (nSPS) is 12.3. The van der Waals surface area contributed by atoms with Gasteiger partial charge in [-0.15, -0.1) is 0 Å². The van der Waals surface area contributed by atoms with Crippen molar-refractivity contribution in [1.29, 1.82) is 0 Å². The van der Waals surface area contributed by atoms with Gasteiger partial charge in [0.2, 0.25) is 0 Å². The minimum Gasteiger partial charge on any atom is -0.395 e. The fourth-order valence-corrected chi connectivity index (χ4v) is 3.20. The zero-order valence-corrected chi connectivity index (χ0v) is 11.9. The summed E-state index contributed by atoms with van der Waals surface area (Å²) in [6.07, 6.45) is 2.49. The first-order valence-electron chi connectivity index (χ1n) is 6.12. The summed E-state index contributed by atoms with van der Waals surface area (Å²) in [4.78, 5) is 4.10. The minimum absolute atomic E-state index is 0.0590. The van der Waals surface area contributed by atoms with E-state index in [-0.39, 0.29) is 18.2 Å². The molecule has 0 radical (unpaired) electrons. The van der Waals surface area contributed by atoms with Crippen molar-refractivity contribution in [3.8, 4) is 0 Å². The number of likely N-dealkylation sites (N-methyl/N-ethyl adjacent to an activating group) is 1. The summed E-state index contributed by atoms with van der Waals surface area (Å²) in [5.74, 6) is 0.690. The van der Waals surface area contributed by atoms with Gasteiger partial charge in [-0.05, 0) is 13.3 Å². The Morgan fingerprint density at radius 2 is 2.11 bits per heavy atom. The second kappa shape index (κ2) is 6.31. The van der Waals surface area contributed by atoms with Gasteiger partial charge in [0.15, 0.2) is 5.03 Å². The molecule has 0 aliphatic carbocycles. The highest BCUT2D eigenvalue weighted by Gasteiger charge is 2.25. The van der Waals surface area contributed by atoms with Crippen LogP contribution in [0.4, 0.5) is 0 Å². The largest absolute Gasteiger partial charge is 0.395 e. The van der Waals surface area contributed by atoms with Gasteiger partial charge < -0.3 is 9.67 Å². The van der Waals surface area contributed by atoms with Crippen molar-refractivity contribution in [3.05, 3.63) is 12.0 Å². The molecule has 18 heavy (non-hydrogen) atoms. The molecule has 0 aromatic carbocycles. The van der Waals surface area contributed by atoms with Crippen LogP contribution in [0, 0.1) is 6.92 Å². The van der Waals surface area contributed by atoms with Gasteiger partial charge in [-0.25, -0.2) is 13.4 Å². The molecule has 1 aromatic heterocycles. The van der Waals surface area contributed by atoms with Crippen LogP contribution in [0.2, 0.25) is 0 Å². The van der Waals surface area contributed by atoms with Crippen molar-refractivity contribution in [3.63, 3.8) is 0 Å². The Balaban J connectivity index is 3.07. The van der Waals surface area contributed by atoms with Crippen molar-refractivity contribution in [1.82, 2.24) is 13.9 Å². The summed E-state index contributed by atoms with van der Waals surface area (Å²) in [5.41, 5.74) is 0. The van der Waals surface area contributed by atoms with Gasteiger partial charge in [0, 0.05) is 25.8 Å². The summed E-state index contributed by atoms with van der Waals surface area (Å²) < 4.78 is 27.6. The maximum absolute atomic E-state index is 12.3. The molecular formula is C11H21N3O3S. The van der Waals surface area contributed by atoms with Crippen LogP contribution in [-0.4, -0.2) is 47.1 Å². The maximum atomic E-state index is 12.3. The molecule has 0 bridgehead atoms. The second-order valence-corrected chi connectivity index (χ2v) is 5.92. The SMILES string of the molecule is CCCn1cc(S(=O)(=O)N(CC)CCO)nc1C. The number of sulfonamides is 1. The van der Waals surface area contributed by atoms with Crippen LogP contribution in [0.1, 0.15) is 26.1 Å². The van der Waals surface area contributed by atoms with Crippen molar-refractivity contribution in [2.45, 2.75) is 38.8 Å². The van der Waals surface area contributed by atoms with E-state index in [0.29, 0.717) is 12.4 Å². The second-order valence-electron chi connectivity index (χ2n) is 4.04. The van der Waals surface area contributed by atoms with Crippen LogP contribution < -0.4 is 0 Å². The smallest absolute Gasteiger partial charge is 0.262 e. The fraction of sp³-hybridized carbons (Fsp3) is 0.727. The molecule has 1 aromatic rings. The molecule has 0 saturated carbocycles. The Labute approximate surface area is 108 Å². The first-order chi connectivity index (χ1) is 8.47. The van der Waals surface area contributed by atoms with E-state index in [9.17, 15) is 8.42 Å². The molecular weight excluding hydrogens is 254 g/mol. The molecule has 0 aliphatic heterocycles. The molecule has 104 valence electrons. The molecule has 0 aliphatic rings. The summed E-state index contributed by atoms with van der Waals surface area (Å²) in [6, 6.07) is 0. The molecule has 6 nitrogen and oxygen atoms in total. The van der Waals surface area contributed by atoms with Gasteiger partial charge in [0.1, 0.15) is 5.82 Å². The number of hydrogen-bond acceptors (Lipinski definition) is 4. The molecule has 0 atom stereocenters. The number of aliphatic hydroxyl groups is 1. The lowest BCUT2D eigenvalue weighted by molar-refractivity contribution is 0.257.